The second kappa shape index (κ2) is 4.81. The zero-order valence-corrected chi connectivity index (χ0v) is 10.1. The third-order valence-electron chi connectivity index (χ3n) is 3.25. The molecular formula is C11H13N5O3. The van der Waals surface area contributed by atoms with E-state index in [0.29, 0.717) is 37.4 Å². The van der Waals surface area contributed by atoms with Crippen LogP contribution in [0.5, 0.6) is 0 Å². The van der Waals surface area contributed by atoms with E-state index in [2.05, 4.69) is 25.7 Å². The van der Waals surface area contributed by atoms with Gasteiger partial charge in [0.15, 0.2) is 5.82 Å². The van der Waals surface area contributed by atoms with Gasteiger partial charge >= 0.3 is 0 Å². The minimum Gasteiger partial charge on any atom is -0.381 e. The Morgan fingerprint density at radius 1 is 1.42 bits per heavy atom. The molecule has 0 saturated carbocycles. The highest BCUT2D eigenvalue weighted by molar-refractivity contribution is 5.94. The average Bonchev–Trinajstić information content (AvgIpc) is 3.13. The van der Waals surface area contributed by atoms with Crippen molar-refractivity contribution in [2.24, 2.45) is 0 Å². The molecule has 19 heavy (non-hydrogen) atoms. The molecule has 0 spiro atoms. The Bertz CT molecular complexity index is 531. The quantitative estimate of drug-likeness (QED) is 0.821. The molecule has 1 saturated heterocycles. The van der Waals surface area contributed by atoms with Crippen molar-refractivity contribution in [3.8, 4) is 0 Å². The first kappa shape index (κ1) is 11.8. The van der Waals surface area contributed by atoms with Gasteiger partial charge in [-0.2, -0.15) is 10.1 Å². The number of H-pyrrole nitrogens is 1. The SMILES string of the molecule is O=C(NC1(c2ncon2)CCOCC1)c1cn[nH]c1. The molecule has 2 aromatic rings. The van der Waals surface area contributed by atoms with Crippen LogP contribution in [0, 0.1) is 0 Å². The minimum absolute atomic E-state index is 0.222. The van der Waals surface area contributed by atoms with E-state index in [4.69, 9.17) is 9.26 Å². The summed E-state index contributed by atoms with van der Waals surface area (Å²) in [5.74, 6) is 0.257. The van der Waals surface area contributed by atoms with Crippen LogP contribution < -0.4 is 5.32 Å². The summed E-state index contributed by atoms with van der Waals surface area (Å²) in [4.78, 5) is 16.3. The lowest BCUT2D eigenvalue weighted by Gasteiger charge is -2.34. The molecule has 1 aliphatic rings. The van der Waals surface area contributed by atoms with Gasteiger partial charge in [0.05, 0.1) is 11.8 Å². The lowest BCUT2D eigenvalue weighted by atomic mass is 9.89. The molecule has 3 heterocycles. The molecule has 2 aromatic heterocycles. The van der Waals surface area contributed by atoms with Crippen molar-refractivity contribution in [3.63, 3.8) is 0 Å². The van der Waals surface area contributed by atoms with Gasteiger partial charge in [0, 0.05) is 32.3 Å². The lowest BCUT2D eigenvalue weighted by molar-refractivity contribution is 0.0306. The fourth-order valence-corrected chi connectivity index (χ4v) is 2.17. The molecule has 0 bridgehead atoms. The topological polar surface area (TPSA) is 106 Å². The molecule has 0 aliphatic carbocycles. The Kier molecular flexibility index (Phi) is 3.00. The molecule has 1 fully saturated rings. The summed E-state index contributed by atoms with van der Waals surface area (Å²) in [5.41, 5.74) is -0.172. The first-order chi connectivity index (χ1) is 9.30. The number of rotatable bonds is 3. The number of nitrogens with one attached hydrogen (secondary N) is 2. The standard InChI is InChI=1S/C11H13N5O3/c17-9(8-5-13-14-6-8)15-11(1-3-18-4-2-11)10-12-7-19-16-10/h5-7H,1-4H2,(H,13,14)(H,15,17). The maximum absolute atomic E-state index is 12.2. The predicted octanol–water partition coefficient (Wildman–Crippen LogP) is 0.228. The molecular weight excluding hydrogens is 250 g/mol. The number of aromatic amines is 1. The van der Waals surface area contributed by atoms with Gasteiger partial charge in [-0.15, -0.1) is 0 Å². The average molecular weight is 263 g/mol. The number of hydrogen-bond acceptors (Lipinski definition) is 6. The predicted molar refractivity (Wildman–Crippen MR) is 62.1 cm³/mol. The number of carbonyl (C=O) groups is 1. The second-order valence-electron chi connectivity index (χ2n) is 4.39. The Morgan fingerprint density at radius 3 is 2.89 bits per heavy atom. The van der Waals surface area contributed by atoms with Crippen LogP contribution >= 0.6 is 0 Å². The number of nitrogens with zero attached hydrogens (tertiary/aromatic N) is 3. The zero-order valence-electron chi connectivity index (χ0n) is 10.1. The molecule has 1 amide bonds. The van der Waals surface area contributed by atoms with Crippen molar-refractivity contribution in [2.75, 3.05) is 13.2 Å². The van der Waals surface area contributed by atoms with Crippen molar-refractivity contribution < 1.29 is 14.1 Å². The van der Waals surface area contributed by atoms with Gasteiger partial charge in [-0.3, -0.25) is 9.89 Å². The fourth-order valence-electron chi connectivity index (χ4n) is 2.17. The number of carbonyl (C=O) groups excluding carboxylic acids is 1. The van der Waals surface area contributed by atoms with Gasteiger partial charge in [0.2, 0.25) is 6.39 Å². The summed E-state index contributed by atoms with van der Waals surface area (Å²) in [6, 6.07) is 0. The monoisotopic (exact) mass is 263 g/mol. The maximum atomic E-state index is 12.2. The summed E-state index contributed by atoms with van der Waals surface area (Å²) in [6.07, 6.45) is 5.49. The smallest absolute Gasteiger partial charge is 0.255 e. The van der Waals surface area contributed by atoms with E-state index in [9.17, 15) is 4.79 Å². The zero-order chi connectivity index (χ0) is 13.1. The molecule has 100 valence electrons. The number of ether oxygens (including phenoxy) is 1. The van der Waals surface area contributed by atoms with Crippen LogP contribution in [0.4, 0.5) is 0 Å². The van der Waals surface area contributed by atoms with E-state index in [1.54, 1.807) is 6.20 Å². The minimum atomic E-state index is -0.639. The Hall–Kier alpha value is -2.22. The van der Waals surface area contributed by atoms with E-state index < -0.39 is 5.54 Å². The fraction of sp³-hybridized carbons (Fsp3) is 0.455. The molecule has 1 aliphatic heterocycles. The second-order valence-corrected chi connectivity index (χ2v) is 4.39. The lowest BCUT2D eigenvalue weighted by Crippen LogP contribution is -2.50. The molecule has 3 rings (SSSR count). The molecule has 0 atom stereocenters. The molecule has 8 heteroatoms. The van der Waals surface area contributed by atoms with E-state index in [0.717, 1.165) is 0 Å². The van der Waals surface area contributed by atoms with E-state index >= 15 is 0 Å². The van der Waals surface area contributed by atoms with Crippen LogP contribution in [0.25, 0.3) is 0 Å². The molecule has 0 unspecified atom stereocenters. The van der Waals surface area contributed by atoms with Crippen LogP contribution in [0.15, 0.2) is 23.3 Å². The van der Waals surface area contributed by atoms with E-state index in [-0.39, 0.29) is 5.91 Å². The summed E-state index contributed by atoms with van der Waals surface area (Å²) < 4.78 is 10.1. The van der Waals surface area contributed by atoms with Crippen LogP contribution in [0.1, 0.15) is 29.0 Å². The third-order valence-corrected chi connectivity index (χ3v) is 3.25. The number of aromatic nitrogens is 4. The highest BCUT2D eigenvalue weighted by Gasteiger charge is 2.40. The van der Waals surface area contributed by atoms with E-state index in [1.165, 1.54) is 12.6 Å². The summed E-state index contributed by atoms with van der Waals surface area (Å²) in [6.45, 7) is 1.08. The van der Waals surface area contributed by atoms with Crippen LogP contribution in [0.3, 0.4) is 0 Å². The summed E-state index contributed by atoms with van der Waals surface area (Å²) >= 11 is 0. The first-order valence-electron chi connectivity index (χ1n) is 5.96. The van der Waals surface area contributed by atoms with E-state index in [1.807, 2.05) is 0 Å². The summed E-state index contributed by atoms with van der Waals surface area (Å²) in [5, 5.41) is 13.2. The molecule has 0 aromatic carbocycles. The highest BCUT2D eigenvalue weighted by atomic mass is 16.5. The highest BCUT2D eigenvalue weighted by Crippen LogP contribution is 2.30. The van der Waals surface area contributed by atoms with Crippen LogP contribution in [0.2, 0.25) is 0 Å². The van der Waals surface area contributed by atoms with Gasteiger partial charge in [0.1, 0.15) is 5.54 Å². The van der Waals surface area contributed by atoms with Gasteiger partial charge in [0.25, 0.3) is 5.91 Å². The van der Waals surface area contributed by atoms with Crippen molar-refractivity contribution in [3.05, 3.63) is 30.2 Å². The largest absolute Gasteiger partial charge is 0.381 e. The van der Waals surface area contributed by atoms with Gasteiger partial charge in [-0.25, -0.2) is 0 Å². The Labute approximate surface area is 108 Å². The van der Waals surface area contributed by atoms with Crippen molar-refractivity contribution in [1.29, 1.82) is 0 Å². The molecule has 2 N–H and O–H groups in total. The van der Waals surface area contributed by atoms with Crippen molar-refractivity contribution in [1.82, 2.24) is 25.7 Å². The molecule has 8 nitrogen and oxygen atoms in total. The summed E-state index contributed by atoms with van der Waals surface area (Å²) in [7, 11) is 0. The first-order valence-corrected chi connectivity index (χ1v) is 5.96. The number of amides is 1. The van der Waals surface area contributed by atoms with Gasteiger partial charge in [-0.05, 0) is 0 Å². The van der Waals surface area contributed by atoms with Gasteiger partial charge < -0.3 is 14.6 Å². The molecule has 0 radical (unpaired) electrons. The Balaban J connectivity index is 1.86. The maximum Gasteiger partial charge on any atom is 0.255 e. The van der Waals surface area contributed by atoms with Crippen LogP contribution in [-0.2, 0) is 10.3 Å². The normalized spacial score (nSPS) is 18.1. The van der Waals surface area contributed by atoms with Crippen LogP contribution in [-0.4, -0.2) is 39.5 Å². The van der Waals surface area contributed by atoms with Gasteiger partial charge in [-0.1, -0.05) is 5.16 Å². The Morgan fingerprint density at radius 2 is 2.26 bits per heavy atom. The number of hydrogen-bond donors (Lipinski definition) is 2. The third kappa shape index (κ3) is 2.22. The van der Waals surface area contributed by atoms with Crippen molar-refractivity contribution in [2.45, 2.75) is 18.4 Å². The van der Waals surface area contributed by atoms with Crippen molar-refractivity contribution >= 4 is 5.91 Å².